The van der Waals surface area contributed by atoms with E-state index in [0.717, 1.165) is 28.4 Å². The van der Waals surface area contributed by atoms with Crippen molar-refractivity contribution in [2.75, 3.05) is 7.11 Å². The van der Waals surface area contributed by atoms with E-state index >= 15 is 0 Å². The number of hydrogen-bond acceptors (Lipinski definition) is 2. The summed E-state index contributed by atoms with van der Waals surface area (Å²) in [6, 6.07) is 17.6. The van der Waals surface area contributed by atoms with Gasteiger partial charge in [0, 0.05) is 29.4 Å². The monoisotopic (exact) mass is 324 g/mol. The van der Waals surface area contributed by atoms with Gasteiger partial charge in [0.1, 0.15) is 5.75 Å². The van der Waals surface area contributed by atoms with Crippen LogP contribution in [-0.2, 0) is 0 Å². The van der Waals surface area contributed by atoms with Crippen molar-refractivity contribution >= 4 is 23.5 Å². The molecule has 0 spiro atoms. The van der Waals surface area contributed by atoms with Crippen LogP contribution in [0.5, 0.6) is 5.75 Å². The van der Waals surface area contributed by atoms with E-state index in [1.54, 1.807) is 7.11 Å². The number of hydrogen-bond donors (Lipinski definition) is 0. The smallest absolute Gasteiger partial charge is 0.119 e. The van der Waals surface area contributed by atoms with Gasteiger partial charge in [-0.05, 0) is 49.4 Å². The zero-order valence-electron chi connectivity index (χ0n) is 13.0. The summed E-state index contributed by atoms with van der Waals surface area (Å²) in [6.45, 7) is 2.07. The maximum absolute atomic E-state index is 6.12. The minimum Gasteiger partial charge on any atom is -0.497 e. The van der Waals surface area contributed by atoms with E-state index in [9.17, 15) is 0 Å². The number of benzene rings is 2. The van der Waals surface area contributed by atoms with Gasteiger partial charge >= 0.3 is 0 Å². The van der Waals surface area contributed by atoms with Gasteiger partial charge in [-0.15, -0.1) is 0 Å². The van der Waals surface area contributed by atoms with Crippen LogP contribution in [0.4, 0.5) is 5.69 Å². The highest BCUT2D eigenvalue weighted by Gasteiger charge is 2.04. The molecule has 0 aliphatic rings. The molecule has 1 heterocycles. The van der Waals surface area contributed by atoms with Crippen LogP contribution in [0, 0.1) is 6.92 Å². The largest absolute Gasteiger partial charge is 0.497 e. The molecule has 0 radical (unpaired) electrons. The number of aromatic nitrogens is 1. The van der Waals surface area contributed by atoms with E-state index in [1.165, 1.54) is 0 Å². The second kappa shape index (κ2) is 6.71. The third-order valence-electron chi connectivity index (χ3n) is 3.59. The van der Waals surface area contributed by atoms with E-state index < -0.39 is 0 Å². The standard InChI is InChI=1S/C19H17ClN2O/c1-14-11-15(12-21-19-6-4-3-5-18(19)20)13-22(14)16-7-9-17(23-2)10-8-16/h3-13H,1-2H3. The molecule has 3 aromatic rings. The summed E-state index contributed by atoms with van der Waals surface area (Å²) in [6.07, 6.45) is 3.88. The van der Waals surface area contributed by atoms with Crippen molar-refractivity contribution in [1.82, 2.24) is 4.57 Å². The normalized spacial score (nSPS) is 11.1. The van der Waals surface area contributed by atoms with Crippen LogP contribution in [0.1, 0.15) is 11.3 Å². The fourth-order valence-electron chi connectivity index (χ4n) is 2.39. The molecule has 0 saturated carbocycles. The first-order chi connectivity index (χ1) is 11.2. The lowest BCUT2D eigenvalue weighted by atomic mass is 10.3. The molecule has 1 aromatic heterocycles. The molecule has 0 fully saturated rings. The Kier molecular flexibility index (Phi) is 4.49. The SMILES string of the molecule is COc1ccc(-n2cc(C=Nc3ccccc3Cl)cc2C)cc1. The molecule has 23 heavy (non-hydrogen) atoms. The lowest BCUT2D eigenvalue weighted by Crippen LogP contribution is -1.94. The minimum absolute atomic E-state index is 0.648. The van der Waals surface area contributed by atoms with Crippen LogP contribution < -0.4 is 4.74 Å². The fraction of sp³-hybridized carbons (Fsp3) is 0.105. The van der Waals surface area contributed by atoms with Crippen molar-refractivity contribution in [2.24, 2.45) is 4.99 Å². The van der Waals surface area contributed by atoms with Gasteiger partial charge in [-0.1, -0.05) is 23.7 Å². The van der Waals surface area contributed by atoms with E-state index in [1.807, 2.05) is 54.7 Å². The van der Waals surface area contributed by atoms with Gasteiger partial charge in [-0.3, -0.25) is 4.99 Å². The summed E-state index contributed by atoms with van der Waals surface area (Å²) in [5.41, 5.74) is 4.01. The van der Waals surface area contributed by atoms with Crippen molar-refractivity contribution in [2.45, 2.75) is 6.92 Å². The van der Waals surface area contributed by atoms with E-state index in [2.05, 4.69) is 28.7 Å². The number of para-hydroxylation sites is 1. The Morgan fingerprint density at radius 1 is 1.09 bits per heavy atom. The topological polar surface area (TPSA) is 26.5 Å². The lowest BCUT2D eigenvalue weighted by Gasteiger charge is -2.06. The third kappa shape index (κ3) is 3.46. The number of aliphatic imine (C=N–C) groups is 1. The van der Waals surface area contributed by atoms with Crippen molar-refractivity contribution in [3.05, 3.63) is 77.1 Å². The Labute approximate surface area is 140 Å². The van der Waals surface area contributed by atoms with Gasteiger partial charge < -0.3 is 9.30 Å². The van der Waals surface area contributed by atoms with Gasteiger partial charge in [0.05, 0.1) is 17.8 Å². The summed E-state index contributed by atoms with van der Waals surface area (Å²) in [4.78, 5) is 4.46. The van der Waals surface area contributed by atoms with Crippen molar-refractivity contribution in [1.29, 1.82) is 0 Å². The number of methoxy groups -OCH3 is 1. The van der Waals surface area contributed by atoms with Crippen LogP contribution in [0.3, 0.4) is 0 Å². The summed E-state index contributed by atoms with van der Waals surface area (Å²) in [5, 5.41) is 0.648. The van der Waals surface area contributed by atoms with Gasteiger partial charge in [-0.25, -0.2) is 0 Å². The third-order valence-corrected chi connectivity index (χ3v) is 3.91. The molecule has 0 N–H and O–H groups in total. The average Bonchev–Trinajstić information content (AvgIpc) is 2.95. The van der Waals surface area contributed by atoms with Crippen LogP contribution >= 0.6 is 11.6 Å². The molecule has 0 aliphatic heterocycles. The zero-order chi connectivity index (χ0) is 16.2. The van der Waals surface area contributed by atoms with Crippen LogP contribution in [0.25, 0.3) is 5.69 Å². The Morgan fingerprint density at radius 3 is 2.52 bits per heavy atom. The highest BCUT2D eigenvalue weighted by molar-refractivity contribution is 6.33. The first-order valence-corrected chi connectivity index (χ1v) is 7.67. The number of rotatable bonds is 4. The Morgan fingerprint density at radius 2 is 1.83 bits per heavy atom. The lowest BCUT2D eigenvalue weighted by molar-refractivity contribution is 0.414. The second-order valence-electron chi connectivity index (χ2n) is 5.19. The van der Waals surface area contributed by atoms with Gasteiger partial charge in [-0.2, -0.15) is 0 Å². The second-order valence-corrected chi connectivity index (χ2v) is 5.60. The predicted molar refractivity (Wildman–Crippen MR) is 95.8 cm³/mol. The molecule has 0 saturated heterocycles. The Bertz CT molecular complexity index is 835. The minimum atomic E-state index is 0.648. The molecule has 2 aromatic carbocycles. The first-order valence-electron chi connectivity index (χ1n) is 7.29. The van der Waals surface area contributed by atoms with Crippen LogP contribution in [0.15, 0.2) is 65.8 Å². The number of ether oxygens (including phenoxy) is 1. The maximum Gasteiger partial charge on any atom is 0.119 e. The molecular weight excluding hydrogens is 308 g/mol. The highest BCUT2D eigenvalue weighted by Crippen LogP contribution is 2.24. The molecule has 0 amide bonds. The van der Waals surface area contributed by atoms with Gasteiger partial charge in [0.15, 0.2) is 0 Å². The number of halogens is 1. The zero-order valence-corrected chi connectivity index (χ0v) is 13.8. The number of nitrogens with zero attached hydrogens (tertiary/aromatic N) is 2. The predicted octanol–water partition coefficient (Wildman–Crippen LogP) is 5.20. The van der Waals surface area contributed by atoms with Gasteiger partial charge in [0.2, 0.25) is 0 Å². The molecule has 3 rings (SSSR count). The summed E-state index contributed by atoms with van der Waals surface area (Å²) >= 11 is 6.12. The number of aryl methyl sites for hydroxylation is 1. The van der Waals surface area contributed by atoms with E-state index in [0.29, 0.717) is 5.02 Å². The van der Waals surface area contributed by atoms with E-state index in [4.69, 9.17) is 16.3 Å². The summed E-state index contributed by atoms with van der Waals surface area (Å²) in [5.74, 6) is 0.846. The molecular formula is C19H17ClN2O. The van der Waals surface area contributed by atoms with Crippen molar-refractivity contribution in [3.8, 4) is 11.4 Å². The molecule has 3 nitrogen and oxygen atoms in total. The molecule has 0 bridgehead atoms. The van der Waals surface area contributed by atoms with E-state index in [-0.39, 0.29) is 0 Å². The molecule has 0 aliphatic carbocycles. The first kappa shape index (κ1) is 15.4. The molecule has 0 atom stereocenters. The van der Waals surface area contributed by atoms with Crippen molar-refractivity contribution in [3.63, 3.8) is 0 Å². The van der Waals surface area contributed by atoms with Gasteiger partial charge in [0.25, 0.3) is 0 Å². The summed E-state index contributed by atoms with van der Waals surface area (Å²) < 4.78 is 7.31. The average molecular weight is 325 g/mol. The maximum atomic E-state index is 6.12. The molecule has 116 valence electrons. The Hall–Kier alpha value is -2.52. The summed E-state index contributed by atoms with van der Waals surface area (Å²) in [7, 11) is 1.67. The quantitative estimate of drug-likeness (QED) is 0.606. The van der Waals surface area contributed by atoms with Crippen molar-refractivity contribution < 1.29 is 4.74 Å². The molecule has 0 unspecified atom stereocenters. The fourth-order valence-corrected chi connectivity index (χ4v) is 2.58. The van der Waals surface area contributed by atoms with Crippen LogP contribution in [0.2, 0.25) is 5.02 Å². The highest BCUT2D eigenvalue weighted by atomic mass is 35.5. The molecule has 4 heteroatoms. The van der Waals surface area contributed by atoms with Crippen LogP contribution in [-0.4, -0.2) is 17.9 Å². The Balaban J connectivity index is 1.87.